The normalized spacial score (nSPS) is 56.5. The Morgan fingerprint density at radius 3 is 2.64 bits per heavy atom. The van der Waals surface area contributed by atoms with Gasteiger partial charge in [0.15, 0.2) is 0 Å². The molecule has 0 amide bonds. The van der Waals surface area contributed by atoms with Crippen LogP contribution >= 0.6 is 0 Å². The van der Waals surface area contributed by atoms with Crippen LogP contribution < -0.4 is 0 Å². The van der Waals surface area contributed by atoms with Crippen LogP contribution in [0.5, 0.6) is 0 Å². The zero-order chi connectivity index (χ0) is 8.01. The monoisotopic (exact) mass is 156 g/mol. The molecule has 2 heteroatoms. The van der Waals surface area contributed by atoms with Crippen LogP contribution in [-0.2, 0) is 4.74 Å². The van der Waals surface area contributed by atoms with E-state index >= 15 is 0 Å². The van der Waals surface area contributed by atoms with E-state index in [9.17, 15) is 5.11 Å². The lowest BCUT2D eigenvalue weighted by Gasteiger charge is -2.31. The lowest BCUT2D eigenvalue weighted by molar-refractivity contribution is -0.0772. The molecule has 0 radical (unpaired) electrons. The Kier molecular flexibility index (Phi) is 1.69. The van der Waals surface area contributed by atoms with Gasteiger partial charge in [-0.25, -0.2) is 0 Å². The average molecular weight is 156 g/mol. The molecule has 5 atom stereocenters. The van der Waals surface area contributed by atoms with E-state index < -0.39 is 0 Å². The fourth-order valence-electron chi connectivity index (χ4n) is 2.47. The van der Waals surface area contributed by atoms with Crippen LogP contribution in [0.4, 0.5) is 0 Å². The summed E-state index contributed by atoms with van der Waals surface area (Å²) in [6.07, 6.45) is 2.35. The van der Waals surface area contributed by atoms with Crippen molar-refractivity contribution < 1.29 is 9.84 Å². The molecule has 1 N–H and O–H groups in total. The molecule has 2 heterocycles. The second-order valence-corrected chi connectivity index (χ2v) is 4.13. The zero-order valence-corrected chi connectivity index (χ0v) is 7.16. The van der Waals surface area contributed by atoms with Gasteiger partial charge in [-0.1, -0.05) is 13.8 Å². The Balaban J connectivity index is 2.13. The van der Waals surface area contributed by atoms with Crippen LogP contribution in [0.3, 0.4) is 0 Å². The Labute approximate surface area is 67.6 Å². The van der Waals surface area contributed by atoms with E-state index in [0.29, 0.717) is 17.9 Å². The van der Waals surface area contributed by atoms with Crippen LogP contribution in [-0.4, -0.2) is 23.4 Å². The highest BCUT2D eigenvalue weighted by atomic mass is 16.5. The maximum Gasteiger partial charge on any atom is 0.0864 e. The molecule has 64 valence electrons. The summed E-state index contributed by atoms with van der Waals surface area (Å²) in [5.41, 5.74) is 0. The van der Waals surface area contributed by atoms with Crippen LogP contribution in [0, 0.1) is 11.8 Å². The summed E-state index contributed by atoms with van der Waals surface area (Å²) >= 11 is 0. The molecular formula is C9H16O2. The Morgan fingerprint density at radius 2 is 1.91 bits per heavy atom. The van der Waals surface area contributed by atoms with Crippen molar-refractivity contribution in [1.29, 1.82) is 0 Å². The van der Waals surface area contributed by atoms with Gasteiger partial charge in [-0.05, 0) is 18.3 Å². The second kappa shape index (κ2) is 2.46. The minimum atomic E-state index is -0.194. The zero-order valence-electron chi connectivity index (χ0n) is 7.16. The molecule has 0 aromatic heterocycles. The number of aliphatic hydroxyl groups is 1. The van der Waals surface area contributed by atoms with Gasteiger partial charge in [0.1, 0.15) is 0 Å². The predicted octanol–water partition coefficient (Wildman–Crippen LogP) is 1.18. The first-order valence-corrected chi connectivity index (χ1v) is 4.52. The van der Waals surface area contributed by atoms with Gasteiger partial charge in [0.2, 0.25) is 0 Å². The molecule has 2 aliphatic heterocycles. The topological polar surface area (TPSA) is 29.5 Å². The molecule has 11 heavy (non-hydrogen) atoms. The molecule has 2 rings (SSSR count). The summed E-state index contributed by atoms with van der Waals surface area (Å²) < 4.78 is 5.68. The highest BCUT2D eigenvalue weighted by molar-refractivity contribution is 4.93. The SMILES string of the molecule is C[C@@H]1C[C@@H](C)[C@@H]2C[C@@H](O)[C@H]1O2. The highest BCUT2D eigenvalue weighted by Gasteiger charge is 2.44. The standard InChI is InChI=1S/C9H16O2/c1-5-3-6(2)9-7(10)4-8(5)11-9/h5-10H,3-4H2,1-2H3/t5-,6-,7-,8+,9+/m1/s1. The van der Waals surface area contributed by atoms with E-state index in [1.807, 2.05) is 0 Å². The number of fused-ring (bicyclic) bond motifs is 2. The largest absolute Gasteiger partial charge is 0.390 e. The van der Waals surface area contributed by atoms with Crippen molar-refractivity contribution in [3.05, 3.63) is 0 Å². The van der Waals surface area contributed by atoms with Gasteiger partial charge in [0.25, 0.3) is 0 Å². The highest BCUT2D eigenvalue weighted by Crippen LogP contribution is 2.39. The molecule has 2 bridgehead atoms. The second-order valence-electron chi connectivity index (χ2n) is 4.13. The summed E-state index contributed by atoms with van der Waals surface area (Å²) in [7, 11) is 0. The summed E-state index contributed by atoms with van der Waals surface area (Å²) in [5.74, 6) is 1.18. The third-order valence-electron chi connectivity index (χ3n) is 3.12. The van der Waals surface area contributed by atoms with Crippen molar-refractivity contribution in [3.8, 4) is 0 Å². The van der Waals surface area contributed by atoms with E-state index in [2.05, 4.69) is 13.8 Å². The van der Waals surface area contributed by atoms with E-state index in [1.165, 1.54) is 6.42 Å². The molecule has 2 aliphatic rings. The Bertz CT molecular complexity index is 156. The quantitative estimate of drug-likeness (QED) is 0.570. The van der Waals surface area contributed by atoms with Crippen molar-refractivity contribution >= 4 is 0 Å². The van der Waals surface area contributed by atoms with Gasteiger partial charge in [0, 0.05) is 6.42 Å². The number of hydrogen-bond acceptors (Lipinski definition) is 2. The summed E-state index contributed by atoms with van der Waals surface area (Å²) in [5, 5.41) is 9.56. The molecule has 0 unspecified atom stereocenters. The van der Waals surface area contributed by atoms with Crippen molar-refractivity contribution in [3.63, 3.8) is 0 Å². The summed E-state index contributed by atoms with van der Waals surface area (Å²) in [6.45, 7) is 4.39. The van der Waals surface area contributed by atoms with E-state index in [1.54, 1.807) is 0 Å². The van der Waals surface area contributed by atoms with Gasteiger partial charge in [0.05, 0.1) is 18.3 Å². The number of ether oxygens (including phenoxy) is 1. The first-order chi connectivity index (χ1) is 5.18. The maximum absolute atomic E-state index is 9.56. The molecule has 2 saturated heterocycles. The number of aliphatic hydroxyl groups excluding tert-OH is 1. The molecule has 2 nitrogen and oxygen atoms in total. The van der Waals surface area contributed by atoms with E-state index in [-0.39, 0.29) is 12.2 Å². The molecular weight excluding hydrogens is 140 g/mol. The van der Waals surface area contributed by atoms with Gasteiger partial charge in [-0.2, -0.15) is 0 Å². The van der Waals surface area contributed by atoms with Crippen LogP contribution in [0.15, 0.2) is 0 Å². The first-order valence-electron chi connectivity index (χ1n) is 4.52. The molecule has 0 aromatic carbocycles. The Morgan fingerprint density at radius 1 is 1.18 bits per heavy atom. The van der Waals surface area contributed by atoms with Crippen LogP contribution in [0.2, 0.25) is 0 Å². The minimum Gasteiger partial charge on any atom is -0.390 e. The molecule has 0 saturated carbocycles. The first kappa shape index (κ1) is 7.56. The molecule has 2 fully saturated rings. The van der Waals surface area contributed by atoms with Crippen molar-refractivity contribution in [2.75, 3.05) is 0 Å². The summed E-state index contributed by atoms with van der Waals surface area (Å²) in [6, 6.07) is 0. The maximum atomic E-state index is 9.56. The summed E-state index contributed by atoms with van der Waals surface area (Å²) in [4.78, 5) is 0. The third kappa shape index (κ3) is 1.09. The lowest BCUT2D eigenvalue weighted by atomic mass is 9.90. The predicted molar refractivity (Wildman–Crippen MR) is 42.2 cm³/mol. The van der Waals surface area contributed by atoms with Gasteiger partial charge in [-0.15, -0.1) is 0 Å². The van der Waals surface area contributed by atoms with Gasteiger partial charge >= 0.3 is 0 Å². The fraction of sp³-hybridized carbons (Fsp3) is 1.00. The van der Waals surface area contributed by atoms with E-state index in [0.717, 1.165) is 6.42 Å². The smallest absolute Gasteiger partial charge is 0.0864 e. The number of hydrogen-bond donors (Lipinski definition) is 1. The van der Waals surface area contributed by atoms with Crippen LogP contribution in [0.1, 0.15) is 26.7 Å². The minimum absolute atomic E-state index is 0.135. The fourth-order valence-corrected chi connectivity index (χ4v) is 2.47. The van der Waals surface area contributed by atoms with Crippen molar-refractivity contribution in [2.45, 2.75) is 45.0 Å². The van der Waals surface area contributed by atoms with Crippen LogP contribution in [0.25, 0.3) is 0 Å². The molecule has 0 aromatic rings. The van der Waals surface area contributed by atoms with Crippen molar-refractivity contribution in [2.24, 2.45) is 11.8 Å². The Hall–Kier alpha value is -0.0800. The molecule has 0 aliphatic carbocycles. The number of rotatable bonds is 0. The van der Waals surface area contributed by atoms with Crippen molar-refractivity contribution in [1.82, 2.24) is 0 Å². The molecule has 0 spiro atoms. The van der Waals surface area contributed by atoms with Gasteiger partial charge in [-0.3, -0.25) is 0 Å². The third-order valence-corrected chi connectivity index (χ3v) is 3.12. The van der Waals surface area contributed by atoms with Gasteiger partial charge < -0.3 is 9.84 Å². The lowest BCUT2D eigenvalue weighted by Crippen LogP contribution is -2.34. The van der Waals surface area contributed by atoms with E-state index in [4.69, 9.17) is 4.74 Å². The average Bonchev–Trinajstić information content (AvgIpc) is 2.26.